The molecule has 0 aliphatic carbocycles. The normalized spacial score (nSPS) is 14.7. The Morgan fingerprint density at radius 1 is 0.944 bits per heavy atom. The molecule has 0 spiro atoms. The third kappa shape index (κ3) is 5.14. The monoisotopic (exact) mass is 492 g/mol. The van der Waals surface area contributed by atoms with Crippen LogP contribution in [-0.4, -0.2) is 27.6 Å². The lowest BCUT2D eigenvalue weighted by Crippen LogP contribution is -2.29. The summed E-state index contributed by atoms with van der Waals surface area (Å²) in [6.45, 7) is 5.80. The highest BCUT2D eigenvalue weighted by Crippen LogP contribution is 2.37. The van der Waals surface area contributed by atoms with Gasteiger partial charge in [-0.25, -0.2) is 9.97 Å². The van der Waals surface area contributed by atoms with Crippen LogP contribution in [0.2, 0.25) is 0 Å². The number of hydrogen-bond donors (Lipinski definition) is 1. The molecule has 2 aromatic carbocycles. The Balaban J connectivity index is 1.57. The van der Waals surface area contributed by atoms with Gasteiger partial charge in [0.15, 0.2) is 0 Å². The Hall–Kier alpha value is -3.65. The standard InChI is InChI=1S/C28H27F3N4O/c1-18-14-19(2)16-23(15-18)36-25-5-3-4-24(34-25)27-26(20-6-8-21(9-7-20)28(29,30)31)33-17-35(27)22-10-12-32-13-11-22/h3-9,14-17,22,32H,10-13H2,1-2H3. The molecule has 2 aromatic heterocycles. The van der Waals surface area contributed by atoms with Crippen LogP contribution in [0.3, 0.4) is 0 Å². The van der Waals surface area contributed by atoms with Crippen molar-refractivity contribution in [2.45, 2.75) is 38.9 Å². The number of ether oxygens (including phenoxy) is 1. The first-order valence-corrected chi connectivity index (χ1v) is 12.0. The molecular weight excluding hydrogens is 465 g/mol. The van der Waals surface area contributed by atoms with E-state index in [4.69, 9.17) is 9.72 Å². The molecule has 1 aliphatic heterocycles. The Kier molecular flexibility index (Phi) is 6.53. The van der Waals surface area contributed by atoms with E-state index in [9.17, 15) is 13.2 Å². The van der Waals surface area contributed by atoms with Gasteiger partial charge in [0, 0.05) is 17.7 Å². The summed E-state index contributed by atoms with van der Waals surface area (Å²) in [7, 11) is 0. The number of nitrogens with zero attached hydrogens (tertiary/aromatic N) is 3. The van der Waals surface area contributed by atoms with Crippen molar-refractivity contribution in [3.63, 3.8) is 0 Å². The van der Waals surface area contributed by atoms with Crippen molar-refractivity contribution in [3.05, 3.63) is 83.7 Å². The van der Waals surface area contributed by atoms with Crippen molar-refractivity contribution in [3.8, 4) is 34.3 Å². The first-order chi connectivity index (χ1) is 17.3. The molecule has 4 aromatic rings. The summed E-state index contributed by atoms with van der Waals surface area (Å²) in [4.78, 5) is 9.44. The molecule has 1 fully saturated rings. The van der Waals surface area contributed by atoms with Crippen LogP contribution in [0, 0.1) is 13.8 Å². The maximum Gasteiger partial charge on any atom is 0.416 e. The molecule has 8 heteroatoms. The molecule has 1 aliphatic rings. The van der Waals surface area contributed by atoms with Crippen LogP contribution in [0.15, 0.2) is 67.0 Å². The molecule has 0 saturated carbocycles. The van der Waals surface area contributed by atoms with E-state index in [1.54, 1.807) is 12.4 Å². The average Bonchev–Trinajstić information content (AvgIpc) is 3.29. The van der Waals surface area contributed by atoms with Gasteiger partial charge in [-0.1, -0.05) is 24.3 Å². The summed E-state index contributed by atoms with van der Waals surface area (Å²) in [5.74, 6) is 1.14. The molecule has 0 amide bonds. The minimum Gasteiger partial charge on any atom is -0.439 e. The predicted octanol–water partition coefficient (Wildman–Crippen LogP) is 6.96. The van der Waals surface area contributed by atoms with Crippen molar-refractivity contribution >= 4 is 0 Å². The van der Waals surface area contributed by atoms with Crippen molar-refractivity contribution in [1.82, 2.24) is 19.9 Å². The summed E-state index contributed by atoms with van der Waals surface area (Å²) in [5.41, 5.74) is 4.12. The van der Waals surface area contributed by atoms with E-state index in [-0.39, 0.29) is 6.04 Å². The van der Waals surface area contributed by atoms with Gasteiger partial charge in [-0.15, -0.1) is 0 Å². The highest BCUT2D eigenvalue weighted by Gasteiger charge is 2.30. The highest BCUT2D eigenvalue weighted by molar-refractivity contribution is 5.77. The summed E-state index contributed by atoms with van der Waals surface area (Å²) in [6.07, 6.45) is -0.766. The average molecular weight is 493 g/mol. The van der Waals surface area contributed by atoms with Crippen LogP contribution in [0.4, 0.5) is 13.2 Å². The Morgan fingerprint density at radius 3 is 2.31 bits per heavy atom. The molecule has 3 heterocycles. The number of aryl methyl sites for hydroxylation is 2. The van der Waals surface area contributed by atoms with Crippen LogP contribution in [0.25, 0.3) is 22.6 Å². The SMILES string of the molecule is Cc1cc(C)cc(Oc2cccc(-c3c(-c4ccc(C(F)(F)F)cc4)ncn3C3CCNCC3)n2)c1. The lowest BCUT2D eigenvalue weighted by atomic mass is 10.0. The van der Waals surface area contributed by atoms with Gasteiger partial charge < -0.3 is 14.6 Å². The second-order valence-electron chi connectivity index (χ2n) is 9.19. The first kappa shape index (κ1) is 24.1. The molecule has 5 nitrogen and oxygen atoms in total. The van der Waals surface area contributed by atoms with Gasteiger partial charge >= 0.3 is 6.18 Å². The largest absolute Gasteiger partial charge is 0.439 e. The minimum atomic E-state index is -4.39. The third-order valence-electron chi connectivity index (χ3n) is 6.37. The molecule has 186 valence electrons. The molecule has 5 rings (SSSR count). The zero-order valence-corrected chi connectivity index (χ0v) is 20.1. The predicted molar refractivity (Wildman–Crippen MR) is 133 cm³/mol. The summed E-state index contributed by atoms with van der Waals surface area (Å²) in [6, 6.07) is 16.9. The fourth-order valence-electron chi connectivity index (χ4n) is 4.72. The number of aromatic nitrogens is 3. The number of benzene rings is 2. The van der Waals surface area contributed by atoms with Gasteiger partial charge in [-0.2, -0.15) is 13.2 Å². The van der Waals surface area contributed by atoms with Crippen molar-refractivity contribution in [2.24, 2.45) is 0 Å². The zero-order chi connectivity index (χ0) is 25.3. The van der Waals surface area contributed by atoms with E-state index >= 15 is 0 Å². The van der Waals surface area contributed by atoms with Crippen molar-refractivity contribution in [1.29, 1.82) is 0 Å². The van der Waals surface area contributed by atoms with Gasteiger partial charge in [0.1, 0.15) is 5.75 Å². The van der Waals surface area contributed by atoms with Gasteiger partial charge in [0.2, 0.25) is 5.88 Å². The highest BCUT2D eigenvalue weighted by atomic mass is 19.4. The number of halogens is 3. The van der Waals surface area contributed by atoms with E-state index in [1.807, 2.05) is 38.1 Å². The molecular formula is C28H27F3N4O. The molecule has 36 heavy (non-hydrogen) atoms. The van der Waals surface area contributed by atoms with E-state index < -0.39 is 11.7 Å². The Morgan fingerprint density at radius 2 is 1.64 bits per heavy atom. The van der Waals surface area contributed by atoms with Gasteiger partial charge in [0.25, 0.3) is 0 Å². The van der Waals surface area contributed by atoms with Crippen LogP contribution in [-0.2, 0) is 6.18 Å². The van der Waals surface area contributed by atoms with E-state index in [1.165, 1.54) is 12.1 Å². The number of hydrogen-bond acceptors (Lipinski definition) is 4. The topological polar surface area (TPSA) is 52.0 Å². The minimum absolute atomic E-state index is 0.211. The summed E-state index contributed by atoms with van der Waals surface area (Å²) in [5, 5.41) is 3.37. The van der Waals surface area contributed by atoms with Crippen molar-refractivity contribution in [2.75, 3.05) is 13.1 Å². The molecule has 0 bridgehead atoms. The summed E-state index contributed by atoms with van der Waals surface area (Å²) < 4.78 is 47.6. The van der Waals surface area contributed by atoms with E-state index in [2.05, 4.69) is 20.9 Å². The van der Waals surface area contributed by atoms with E-state index in [0.717, 1.165) is 54.9 Å². The quantitative estimate of drug-likeness (QED) is 0.327. The zero-order valence-electron chi connectivity index (χ0n) is 20.1. The van der Waals surface area contributed by atoms with Crippen LogP contribution in [0.5, 0.6) is 11.6 Å². The van der Waals surface area contributed by atoms with Crippen LogP contribution >= 0.6 is 0 Å². The fourth-order valence-corrected chi connectivity index (χ4v) is 4.72. The molecule has 1 N–H and O–H groups in total. The Bertz CT molecular complexity index is 1340. The Labute approximate surface area is 208 Å². The van der Waals surface area contributed by atoms with Crippen LogP contribution in [0.1, 0.15) is 35.6 Å². The lowest BCUT2D eigenvalue weighted by molar-refractivity contribution is -0.137. The molecule has 0 unspecified atom stereocenters. The van der Waals surface area contributed by atoms with Gasteiger partial charge in [-0.05, 0) is 81.2 Å². The fraction of sp³-hybridized carbons (Fsp3) is 0.286. The maximum absolute atomic E-state index is 13.1. The smallest absolute Gasteiger partial charge is 0.416 e. The second kappa shape index (κ2) is 9.78. The van der Waals surface area contributed by atoms with Crippen molar-refractivity contribution < 1.29 is 17.9 Å². The second-order valence-corrected chi connectivity index (χ2v) is 9.19. The third-order valence-corrected chi connectivity index (χ3v) is 6.37. The summed E-state index contributed by atoms with van der Waals surface area (Å²) >= 11 is 0. The lowest BCUT2D eigenvalue weighted by Gasteiger charge is -2.26. The molecule has 1 saturated heterocycles. The van der Waals surface area contributed by atoms with E-state index in [0.29, 0.717) is 28.6 Å². The van der Waals surface area contributed by atoms with Crippen LogP contribution < -0.4 is 10.1 Å². The number of nitrogens with one attached hydrogen (secondary N) is 1. The number of piperidine rings is 1. The van der Waals surface area contributed by atoms with Gasteiger partial charge in [0.05, 0.1) is 29.0 Å². The molecule has 0 radical (unpaired) electrons. The number of alkyl halides is 3. The number of imidazole rings is 1. The number of rotatable bonds is 5. The first-order valence-electron chi connectivity index (χ1n) is 12.0. The molecule has 0 atom stereocenters. The number of pyridine rings is 1. The van der Waals surface area contributed by atoms with Gasteiger partial charge in [-0.3, -0.25) is 0 Å². The maximum atomic E-state index is 13.1.